The molecule has 21 heavy (non-hydrogen) atoms. The van der Waals surface area contributed by atoms with Gasteiger partial charge >= 0.3 is 0 Å². The van der Waals surface area contributed by atoms with Crippen molar-refractivity contribution in [3.8, 4) is 0 Å². The van der Waals surface area contributed by atoms with Crippen LogP contribution >= 0.6 is 0 Å². The number of carbonyl (C=O) groups excluding carboxylic acids is 1. The zero-order valence-electron chi connectivity index (χ0n) is 13.2. The van der Waals surface area contributed by atoms with E-state index >= 15 is 0 Å². The lowest BCUT2D eigenvalue weighted by atomic mass is 9.79. The third-order valence-electron chi connectivity index (χ3n) is 4.41. The monoisotopic (exact) mass is 289 g/mol. The van der Waals surface area contributed by atoms with Gasteiger partial charge in [-0.15, -0.1) is 0 Å². The predicted octanol–water partition coefficient (Wildman–Crippen LogP) is 2.99. The maximum atomic E-state index is 11.9. The highest BCUT2D eigenvalue weighted by Gasteiger charge is 2.32. The summed E-state index contributed by atoms with van der Waals surface area (Å²) in [4.78, 5) is 11.9. The van der Waals surface area contributed by atoms with Crippen LogP contribution in [0.25, 0.3) is 0 Å². The molecule has 0 aliphatic heterocycles. The van der Waals surface area contributed by atoms with E-state index in [4.69, 9.17) is 0 Å². The third kappa shape index (κ3) is 5.16. The van der Waals surface area contributed by atoms with Crippen molar-refractivity contribution >= 4 is 5.91 Å². The first-order valence-corrected chi connectivity index (χ1v) is 8.01. The Balaban J connectivity index is 1.74. The molecule has 0 heterocycles. The summed E-state index contributed by atoms with van der Waals surface area (Å²) < 4.78 is 0. The van der Waals surface area contributed by atoms with Gasteiger partial charge in [0.15, 0.2) is 0 Å². The molecule has 2 unspecified atom stereocenters. The second-order valence-corrected chi connectivity index (χ2v) is 6.69. The van der Waals surface area contributed by atoms with Crippen LogP contribution in [0.1, 0.15) is 50.2 Å². The number of rotatable bonds is 5. The number of carbonyl (C=O) groups is 1. The van der Waals surface area contributed by atoms with Crippen molar-refractivity contribution < 1.29 is 9.90 Å². The second kappa shape index (κ2) is 7.08. The first-order chi connectivity index (χ1) is 9.97. The topological polar surface area (TPSA) is 49.3 Å². The van der Waals surface area contributed by atoms with Crippen LogP contribution in [0.3, 0.4) is 0 Å². The Morgan fingerprint density at radius 2 is 2.29 bits per heavy atom. The standard InChI is InChI=1S/C18H27NO2/c1-14-5-3-7-16(11-14)8-9-17(20)19-13-18(21)10-4-6-15(2)12-18/h3,5,7,11,15,21H,4,6,8-10,12-13H2,1-2H3,(H,19,20). The molecule has 1 aliphatic rings. The fourth-order valence-electron chi connectivity index (χ4n) is 3.27. The first-order valence-electron chi connectivity index (χ1n) is 8.01. The van der Waals surface area contributed by atoms with Gasteiger partial charge in [-0.3, -0.25) is 4.79 Å². The lowest BCUT2D eigenvalue weighted by molar-refractivity contribution is -0.122. The molecular weight excluding hydrogens is 262 g/mol. The van der Waals surface area contributed by atoms with Gasteiger partial charge in [-0.1, -0.05) is 49.6 Å². The molecule has 0 radical (unpaired) electrons. The van der Waals surface area contributed by atoms with Gasteiger partial charge in [-0.2, -0.15) is 0 Å². The quantitative estimate of drug-likeness (QED) is 0.875. The molecule has 0 saturated heterocycles. The zero-order chi connectivity index (χ0) is 15.3. The molecule has 1 fully saturated rings. The van der Waals surface area contributed by atoms with E-state index in [-0.39, 0.29) is 5.91 Å². The van der Waals surface area contributed by atoms with Crippen LogP contribution in [0, 0.1) is 12.8 Å². The number of aryl methyl sites for hydroxylation is 2. The van der Waals surface area contributed by atoms with E-state index in [1.54, 1.807) is 0 Å². The molecule has 116 valence electrons. The van der Waals surface area contributed by atoms with Gasteiger partial charge in [-0.25, -0.2) is 0 Å². The average molecular weight is 289 g/mol. The lowest BCUT2D eigenvalue weighted by Crippen LogP contribution is -2.45. The summed E-state index contributed by atoms with van der Waals surface area (Å²) in [5, 5.41) is 13.4. The lowest BCUT2D eigenvalue weighted by Gasteiger charge is -2.35. The van der Waals surface area contributed by atoms with Crippen molar-refractivity contribution in [3.63, 3.8) is 0 Å². The molecule has 0 spiro atoms. The van der Waals surface area contributed by atoms with E-state index in [2.05, 4.69) is 37.4 Å². The van der Waals surface area contributed by atoms with Crippen LogP contribution in [0.2, 0.25) is 0 Å². The highest BCUT2D eigenvalue weighted by molar-refractivity contribution is 5.76. The molecular formula is C18H27NO2. The van der Waals surface area contributed by atoms with Crippen LogP contribution in [-0.4, -0.2) is 23.2 Å². The molecule has 0 aromatic heterocycles. The van der Waals surface area contributed by atoms with Gasteiger partial charge in [0.1, 0.15) is 0 Å². The molecule has 2 atom stereocenters. The van der Waals surface area contributed by atoms with Gasteiger partial charge in [0, 0.05) is 13.0 Å². The fourth-order valence-corrected chi connectivity index (χ4v) is 3.27. The van der Waals surface area contributed by atoms with Gasteiger partial charge in [-0.05, 0) is 37.7 Å². The molecule has 1 aromatic carbocycles. The Bertz CT molecular complexity index is 486. The minimum absolute atomic E-state index is 0.0307. The third-order valence-corrected chi connectivity index (χ3v) is 4.41. The van der Waals surface area contributed by atoms with E-state index in [1.807, 2.05) is 6.07 Å². The van der Waals surface area contributed by atoms with Gasteiger partial charge in [0.25, 0.3) is 0 Å². The second-order valence-electron chi connectivity index (χ2n) is 6.69. The molecule has 2 rings (SSSR count). The van der Waals surface area contributed by atoms with Crippen LogP contribution in [0.4, 0.5) is 0 Å². The maximum absolute atomic E-state index is 11.9. The summed E-state index contributed by atoms with van der Waals surface area (Å²) in [5.74, 6) is 0.580. The Morgan fingerprint density at radius 1 is 1.48 bits per heavy atom. The highest BCUT2D eigenvalue weighted by Crippen LogP contribution is 2.31. The summed E-state index contributed by atoms with van der Waals surface area (Å²) >= 11 is 0. The van der Waals surface area contributed by atoms with Gasteiger partial charge in [0.2, 0.25) is 5.91 Å². The van der Waals surface area contributed by atoms with Crippen molar-refractivity contribution in [2.24, 2.45) is 5.92 Å². The summed E-state index contributed by atoms with van der Waals surface area (Å²) in [6.45, 7) is 4.62. The molecule has 0 bridgehead atoms. The molecule has 1 saturated carbocycles. The van der Waals surface area contributed by atoms with Gasteiger partial charge < -0.3 is 10.4 Å². The number of hydrogen-bond donors (Lipinski definition) is 2. The summed E-state index contributed by atoms with van der Waals surface area (Å²) in [5.41, 5.74) is 1.71. The molecule has 3 nitrogen and oxygen atoms in total. The van der Waals surface area contributed by atoms with Crippen molar-refractivity contribution in [1.29, 1.82) is 0 Å². The number of hydrogen-bond acceptors (Lipinski definition) is 2. The maximum Gasteiger partial charge on any atom is 0.220 e. The summed E-state index contributed by atoms with van der Waals surface area (Å²) in [7, 11) is 0. The molecule has 1 amide bonds. The van der Waals surface area contributed by atoms with Crippen molar-refractivity contribution in [1.82, 2.24) is 5.32 Å². The first kappa shape index (κ1) is 16.0. The number of nitrogens with one attached hydrogen (secondary N) is 1. The Kier molecular flexibility index (Phi) is 5.40. The van der Waals surface area contributed by atoms with Crippen LogP contribution < -0.4 is 5.32 Å². The van der Waals surface area contributed by atoms with Crippen molar-refractivity contribution in [3.05, 3.63) is 35.4 Å². The van der Waals surface area contributed by atoms with Crippen LogP contribution in [0.15, 0.2) is 24.3 Å². The van der Waals surface area contributed by atoms with E-state index < -0.39 is 5.60 Å². The minimum atomic E-state index is -0.698. The summed E-state index contributed by atoms with van der Waals surface area (Å²) in [6.07, 6.45) is 5.07. The van der Waals surface area contributed by atoms with E-state index in [9.17, 15) is 9.90 Å². The molecule has 2 N–H and O–H groups in total. The molecule has 1 aliphatic carbocycles. The molecule has 1 aromatic rings. The van der Waals surface area contributed by atoms with E-state index in [0.29, 0.717) is 18.9 Å². The van der Waals surface area contributed by atoms with Crippen molar-refractivity contribution in [2.45, 2.75) is 58.0 Å². The van der Waals surface area contributed by atoms with E-state index in [1.165, 1.54) is 17.5 Å². The smallest absolute Gasteiger partial charge is 0.220 e. The van der Waals surface area contributed by atoms with Crippen LogP contribution in [-0.2, 0) is 11.2 Å². The summed E-state index contributed by atoms with van der Waals surface area (Å²) in [6, 6.07) is 8.25. The largest absolute Gasteiger partial charge is 0.388 e. The number of aliphatic hydroxyl groups is 1. The SMILES string of the molecule is Cc1cccc(CCC(=O)NCC2(O)CCCC(C)C2)c1. The normalized spacial score (nSPS) is 25.6. The highest BCUT2D eigenvalue weighted by atomic mass is 16.3. The predicted molar refractivity (Wildman–Crippen MR) is 85.1 cm³/mol. The Labute approximate surface area is 127 Å². The molecule has 3 heteroatoms. The number of benzene rings is 1. The minimum Gasteiger partial charge on any atom is -0.388 e. The average Bonchev–Trinajstić information content (AvgIpc) is 2.43. The van der Waals surface area contributed by atoms with E-state index in [0.717, 1.165) is 25.7 Å². The fraction of sp³-hybridized carbons (Fsp3) is 0.611. The number of amides is 1. The Morgan fingerprint density at radius 3 is 3.00 bits per heavy atom. The van der Waals surface area contributed by atoms with Crippen molar-refractivity contribution in [2.75, 3.05) is 6.54 Å². The van der Waals surface area contributed by atoms with Crippen LogP contribution in [0.5, 0.6) is 0 Å². The van der Waals surface area contributed by atoms with Gasteiger partial charge in [0.05, 0.1) is 5.60 Å². The zero-order valence-corrected chi connectivity index (χ0v) is 13.2. The Hall–Kier alpha value is -1.35.